The molecule has 1 aliphatic rings. The Morgan fingerprint density at radius 3 is 2.89 bits per heavy atom. The third-order valence-electron chi connectivity index (χ3n) is 3.46. The number of aromatic hydroxyl groups is 1. The molecule has 0 radical (unpaired) electrons. The fourth-order valence-corrected chi connectivity index (χ4v) is 3.86. The van der Waals surface area contributed by atoms with Crippen LogP contribution in [0.15, 0.2) is 24.3 Å². The molecule has 6 heteroatoms. The molecular formula is C13H20N2O3S. The third-order valence-corrected chi connectivity index (χ3v) is 5.39. The van der Waals surface area contributed by atoms with Crippen LogP contribution in [0.2, 0.25) is 0 Å². The van der Waals surface area contributed by atoms with Gasteiger partial charge in [0.05, 0.1) is 11.4 Å². The molecule has 0 aromatic heterocycles. The molecule has 1 atom stereocenters. The maximum atomic E-state index is 12.3. The molecule has 1 heterocycles. The Kier molecular flexibility index (Phi) is 4.31. The van der Waals surface area contributed by atoms with Crippen LogP contribution in [0.3, 0.4) is 0 Å². The molecular weight excluding hydrogens is 264 g/mol. The smallest absolute Gasteiger partial charge is 0.235 e. The number of nitrogens with one attached hydrogen (secondary N) is 1. The number of phenols is 1. The maximum Gasteiger partial charge on any atom is 0.235 e. The van der Waals surface area contributed by atoms with Gasteiger partial charge in [0.15, 0.2) is 0 Å². The van der Waals surface area contributed by atoms with Crippen molar-refractivity contribution in [3.05, 3.63) is 24.3 Å². The summed E-state index contributed by atoms with van der Waals surface area (Å²) >= 11 is 0. The summed E-state index contributed by atoms with van der Waals surface area (Å²) in [5.41, 5.74) is 0.490. The molecule has 2 N–H and O–H groups in total. The van der Waals surface area contributed by atoms with Crippen molar-refractivity contribution in [3.8, 4) is 5.75 Å². The molecule has 0 saturated carbocycles. The van der Waals surface area contributed by atoms with Gasteiger partial charge in [-0.1, -0.05) is 6.07 Å². The lowest BCUT2D eigenvalue weighted by molar-refractivity contribution is 0.404. The summed E-state index contributed by atoms with van der Waals surface area (Å²) in [7, 11) is -1.82. The molecule has 2 rings (SSSR count). The minimum Gasteiger partial charge on any atom is -0.508 e. The second kappa shape index (κ2) is 5.79. The van der Waals surface area contributed by atoms with E-state index >= 15 is 0 Å². The van der Waals surface area contributed by atoms with Crippen molar-refractivity contribution >= 4 is 15.7 Å². The van der Waals surface area contributed by atoms with Gasteiger partial charge in [-0.15, -0.1) is 0 Å². The minimum absolute atomic E-state index is 0.0684. The molecule has 1 aromatic rings. The lowest BCUT2D eigenvalue weighted by atomic mass is 10.0. The van der Waals surface area contributed by atoms with E-state index in [1.807, 2.05) is 0 Å². The molecule has 0 aliphatic carbocycles. The minimum atomic E-state index is -3.35. The van der Waals surface area contributed by atoms with Crippen LogP contribution in [-0.4, -0.2) is 39.4 Å². The molecule has 1 unspecified atom stereocenters. The number of nitrogens with zero attached hydrogens (tertiary/aromatic N) is 1. The quantitative estimate of drug-likeness (QED) is 0.870. The summed E-state index contributed by atoms with van der Waals surface area (Å²) in [6.45, 7) is 1.73. The van der Waals surface area contributed by atoms with Gasteiger partial charge in [0, 0.05) is 13.1 Å². The van der Waals surface area contributed by atoms with Crippen LogP contribution in [0, 0.1) is 5.92 Å². The third kappa shape index (κ3) is 3.61. The van der Waals surface area contributed by atoms with Crippen LogP contribution >= 0.6 is 0 Å². The highest BCUT2D eigenvalue weighted by atomic mass is 32.2. The second-order valence-electron chi connectivity index (χ2n) is 4.98. The van der Waals surface area contributed by atoms with Crippen molar-refractivity contribution in [2.45, 2.75) is 12.8 Å². The Hall–Kier alpha value is -1.27. The molecule has 19 heavy (non-hydrogen) atoms. The predicted molar refractivity (Wildman–Crippen MR) is 75.9 cm³/mol. The summed E-state index contributed by atoms with van der Waals surface area (Å²) in [5.74, 6) is 0.379. The SMILES string of the molecule is CN(c1cccc(O)c1)S(=O)(=O)CC1CCCNC1. The Morgan fingerprint density at radius 1 is 1.47 bits per heavy atom. The standard InChI is InChI=1S/C13H20N2O3S/c1-15(12-5-2-6-13(16)8-12)19(17,18)10-11-4-3-7-14-9-11/h2,5-6,8,11,14,16H,3-4,7,9-10H2,1H3. The average molecular weight is 284 g/mol. The fraction of sp³-hybridized carbons (Fsp3) is 0.538. The monoisotopic (exact) mass is 284 g/mol. The first-order chi connectivity index (χ1) is 8.99. The maximum absolute atomic E-state index is 12.3. The molecule has 106 valence electrons. The Balaban J connectivity index is 2.10. The fourth-order valence-electron chi connectivity index (χ4n) is 2.33. The summed E-state index contributed by atoms with van der Waals surface area (Å²) in [4.78, 5) is 0. The van der Waals surface area contributed by atoms with Crippen molar-refractivity contribution in [1.82, 2.24) is 5.32 Å². The van der Waals surface area contributed by atoms with Crippen LogP contribution < -0.4 is 9.62 Å². The number of hydrogen-bond donors (Lipinski definition) is 2. The van der Waals surface area contributed by atoms with Gasteiger partial charge in [-0.2, -0.15) is 0 Å². The number of benzene rings is 1. The molecule has 0 amide bonds. The highest BCUT2D eigenvalue weighted by molar-refractivity contribution is 7.92. The summed E-state index contributed by atoms with van der Waals surface area (Å²) in [6, 6.07) is 6.29. The number of piperidine rings is 1. The highest BCUT2D eigenvalue weighted by Crippen LogP contribution is 2.23. The normalized spacial score (nSPS) is 20.2. The molecule has 1 saturated heterocycles. The van der Waals surface area contributed by atoms with Gasteiger partial charge < -0.3 is 10.4 Å². The number of hydrogen-bond acceptors (Lipinski definition) is 4. The number of anilines is 1. The van der Waals surface area contributed by atoms with E-state index in [1.165, 1.54) is 23.5 Å². The van der Waals surface area contributed by atoms with E-state index < -0.39 is 10.0 Å². The van der Waals surface area contributed by atoms with Gasteiger partial charge in [-0.05, 0) is 44.0 Å². The molecule has 5 nitrogen and oxygen atoms in total. The molecule has 0 bridgehead atoms. The molecule has 1 aromatic carbocycles. The summed E-state index contributed by atoms with van der Waals surface area (Å²) in [5, 5.41) is 12.6. The zero-order valence-corrected chi connectivity index (χ0v) is 11.9. The van der Waals surface area contributed by atoms with E-state index in [0.717, 1.165) is 25.9 Å². The van der Waals surface area contributed by atoms with Gasteiger partial charge in [-0.25, -0.2) is 8.42 Å². The van der Waals surface area contributed by atoms with Crippen LogP contribution in [0.1, 0.15) is 12.8 Å². The first-order valence-electron chi connectivity index (χ1n) is 6.45. The van der Waals surface area contributed by atoms with Gasteiger partial charge in [0.25, 0.3) is 0 Å². The Morgan fingerprint density at radius 2 is 2.26 bits per heavy atom. The summed E-state index contributed by atoms with van der Waals surface area (Å²) < 4.78 is 25.9. The summed E-state index contributed by atoms with van der Waals surface area (Å²) in [6.07, 6.45) is 1.97. The van der Waals surface area contributed by atoms with Gasteiger partial charge in [0.2, 0.25) is 10.0 Å². The van der Waals surface area contributed by atoms with Crippen molar-refractivity contribution < 1.29 is 13.5 Å². The van der Waals surface area contributed by atoms with Crippen molar-refractivity contribution in [1.29, 1.82) is 0 Å². The lowest BCUT2D eigenvalue weighted by Crippen LogP contribution is -2.38. The van der Waals surface area contributed by atoms with Crippen LogP contribution in [0.25, 0.3) is 0 Å². The topological polar surface area (TPSA) is 69.6 Å². The van der Waals surface area contributed by atoms with Crippen LogP contribution in [-0.2, 0) is 10.0 Å². The zero-order valence-electron chi connectivity index (χ0n) is 11.0. The van der Waals surface area contributed by atoms with E-state index in [4.69, 9.17) is 0 Å². The average Bonchev–Trinajstić information content (AvgIpc) is 2.38. The van der Waals surface area contributed by atoms with Gasteiger partial charge in [-0.3, -0.25) is 4.31 Å². The Labute approximate surface area is 114 Å². The first kappa shape index (κ1) is 14.1. The van der Waals surface area contributed by atoms with Crippen molar-refractivity contribution in [2.24, 2.45) is 5.92 Å². The number of phenolic OH excluding ortho intramolecular Hbond substituents is 1. The predicted octanol–water partition coefficient (Wildman–Crippen LogP) is 1.16. The van der Waals surface area contributed by atoms with E-state index in [-0.39, 0.29) is 17.4 Å². The first-order valence-corrected chi connectivity index (χ1v) is 8.06. The van der Waals surface area contributed by atoms with Crippen molar-refractivity contribution in [3.63, 3.8) is 0 Å². The van der Waals surface area contributed by atoms with Crippen LogP contribution in [0.4, 0.5) is 5.69 Å². The van der Waals surface area contributed by atoms with E-state index in [2.05, 4.69) is 5.32 Å². The van der Waals surface area contributed by atoms with Gasteiger partial charge in [0.1, 0.15) is 5.75 Å². The lowest BCUT2D eigenvalue weighted by Gasteiger charge is -2.26. The number of rotatable bonds is 4. The van der Waals surface area contributed by atoms with Crippen molar-refractivity contribution in [2.75, 3.05) is 30.2 Å². The highest BCUT2D eigenvalue weighted by Gasteiger charge is 2.25. The molecule has 1 fully saturated rings. The van der Waals surface area contributed by atoms with Crippen LogP contribution in [0.5, 0.6) is 5.75 Å². The molecule has 1 aliphatic heterocycles. The second-order valence-corrected chi connectivity index (χ2v) is 7.02. The van der Waals surface area contributed by atoms with E-state index in [1.54, 1.807) is 12.1 Å². The molecule has 0 spiro atoms. The Bertz CT molecular complexity index is 524. The largest absolute Gasteiger partial charge is 0.508 e. The number of sulfonamides is 1. The van der Waals surface area contributed by atoms with E-state index in [0.29, 0.717) is 5.69 Å². The van der Waals surface area contributed by atoms with Gasteiger partial charge >= 0.3 is 0 Å². The van der Waals surface area contributed by atoms with E-state index in [9.17, 15) is 13.5 Å². The zero-order chi connectivity index (χ0) is 13.9.